The quantitative estimate of drug-likeness (QED) is 0.834. The van der Waals surface area contributed by atoms with E-state index in [4.69, 9.17) is 5.73 Å². The molecule has 0 spiro atoms. The number of para-hydroxylation sites is 1. The lowest BCUT2D eigenvalue weighted by Gasteiger charge is -2.25. The highest BCUT2D eigenvalue weighted by Gasteiger charge is 2.36. The van der Waals surface area contributed by atoms with E-state index in [9.17, 15) is 18.3 Å². The number of nitrogens with zero attached hydrogens (tertiary/aromatic N) is 3. The summed E-state index contributed by atoms with van der Waals surface area (Å²) in [5.41, 5.74) is 13.0. The van der Waals surface area contributed by atoms with E-state index in [1.807, 2.05) is 18.2 Å². The first-order valence-corrected chi connectivity index (χ1v) is 7.51. The van der Waals surface area contributed by atoms with Gasteiger partial charge in [-0.2, -0.15) is 0 Å². The van der Waals surface area contributed by atoms with Crippen molar-refractivity contribution in [3.8, 4) is 5.75 Å². The first-order valence-electron chi connectivity index (χ1n) is 7.51. The second kappa shape index (κ2) is 6.41. The lowest BCUT2D eigenvalue weighted by Crippen LogP contribution is -2.36. The van der Waals surface area contributed by atoms with Gasteiger partial charge >= 0.3 is 6.36 Å². The molecular formula is C17H14F3N4O3. The highest BCUT2D eigenvalue weighted by atomic mass is 19.4. The van der Waals surface area contributed by atoms with E-state index in [0.717, 1.165) is 17.7 Å². The minimum Gasteiger partial charge on any atom is -0.492 e. The highest BCUT2D eigenvalue weighted by Crippen LogP contribution is 2.38. The second-order valence-electron chi connectivity index (χ2n) is 5.58. The van der Waals surface area contributed by atoms with E-state index >= 15 is 0 Å². The Labute approximate surface area is 151 Å². The number of hydrogen-bond acceptors (Lipinski definition) is 5. The maximum absolute atomic E-state index is 12.3. The van der Waals surface area contributed by atoms with Gasteiger partial charge in [-0.3, -0.25) is 0 Å². The molecule has 7 nitrogen and oxygen atoms in total. The predicted octanol–water partition coefficient (Wildman–Crippen LogP) is 2.56. The van der Waals surface area contributed by atoms with Gasteiger partial charge in [0.25, 0.3) is 0 Å². The van der Waals surface area contributed by atoms with Crippen molar-refractivity contribution in [3.63, 3.8) is 0 Å². The fourth-order valence-corrected chi connectivity index (χ4v) is 2.78. The zero-order valence-corrected chi connectivity index (χ0v) is 13.6. The van der Waals surface area contributed by atoms with E-state index in [1.165, 1.54) is 22.2 Å². The molecule has 0 aliphatic carbocycles. The average molecular weight is 379 g/mol. The van der Waals surface area contributed by atoms with Gasteiger partial charge in [-0.1, -0.05) is 18.2 Å². The maximum Gasteiger partial charge on any atom is 0.573 e. The molecule has 10 heteroatoms. The van der Waals surface area contributed by atoms with Gasteiger partial charge in [0, 0.05) is 11.3 Å². The molecule has 0 amide bonds. The van der Waals surface area contributed by atoms with Crippen LogP contribution in [0.3, 0.4) is 0 Å². The van der Waals surface area contributed by atoms with Gasteiger partial charge in [-0.05, 0) is 41.9 Å². The zero-order chi connectivity index (χ0) is 18.5. The fourth-order valence-electron chi connectivity index (χ4n) is 2.78. The lowest BCUT2D eigenvalue weighted by molar-refractivity contribution is -0.274. The summed E-state index contributed by atoms with van der Waals surface area (Å²) in [6, 6.07) is 12.3. The standard InChI is InChI=1S/C17H12F3N4O2.H2O/c18-17(19,20)26-11-7-5-10(6-8-11)23-16(25)15-9-13(21)12-3-1-2-4-14(12)24(15)22-23;/h1-9,25H,21H2;1H2. The van der Waals surface area contributed by atoms with E-state index in [0.29, 0.717) is 22.8 Å². The number of rotatable bonds is 2. The SMILES string of the molecule is NC1=CC2=C(O)N(c3ccc(OC(F)(F)F)cc3)[N]N2c2ccccc21.O. The molecule has 2 aliphatic rings. The second-order valence-corrected chi connectivity index (χ2v) is 5.58. The molecule has 0 saturated heterocycles. The van der Waals surface area contributed by atoms with Crippen LogP contribution in [0, 0.1) is 0 Å². The molecule has 0 unspecified atom stereocenters. The molecule has 0 saturated carbocycles. The van der Waals surface area contributed by atoms with E-state index in [-0.39, 0.29) is 17.1 Å². The molecule has 2 aromatic rings. The van der Waals surface area contributed by atoms with E-state index in [2.05, 4.69) is 10.3 Å². The number of hydrogen-bond donors (Lipinski definition) is 2. The van der Waals surface area contributed by atoms with Crippen molar-refractivity contribution < 1.29 is 28.5 Å². The van der Waals surface area contributed by atoms with Crippen molar-refractivity contribution in [2.75, 3.05) is 10.0 Å². The summed E-state index contributed by atoms with van der Waals surface area (Å²) < 4.78 is 40.6. The van der Waals surface area contributed by atoms with Gasteiger partial charge in [-0.25, -0.2) is 10.0 Å². The molecule has 1 radical (unpaired) electrons. The van der Waals surface area contributed by atoms with Gasteiger partial charge in [0.1, 0.15) is 11.4 Å². The molecule has 5 N–H and O–H groups in total. The van der Waals surface area contributed by atoms with E-state index < -0.39 is 6.36 Å². The van der Waals surface area contributed by atoms with Crippen molar-refractivity contribution in [2.24, 2.45) is 5.73 Å². The lowest BCUT2D eigenvalue weighted by atomic mass is 10.0. The van der Waals surface area contributed by atoms with Crippen LogP contribution in [0.25, 0.3) is 5.70 Å². The van der Waals surface area contributed by atoms with Crippen LogP contribution in [-0.4, -0.2) is 16.9 Å². The molecule has 0 bridgehead atoms. The number of aliphatic hydroxyl groups is 1. The third-order valence-electron chi connectivity index (χ3n) is 3.89. The molecule has 141 valence electrons. The summed E-state index contributed by atoms with van der Waals surface area (Å²) in [6.45, 7) is 0. The van der Waals surface area contributed by atoms with Crippen LogP contribution in [0.5, 0.6) is 5.75 Å². The van der Waals surface area contributed by atoms with Crippen molar-refractivity contribution in [2.45, 2.75) is 6.36 Å². The minimum absolute atomic E-state index is 0. The number of ether oxygens (including phenoxy) is 1. The Hall–Kier alpha value is -3.37. The topological polar surface area (TPSA) is 108 Å². The van der Waals surface area contributed by atoms with Gasteiger partial charge in [0.2, 0.25) is 5.88 Å². The van der Waals surface area contributed by atoms with Crippen molar-refractivity contribution in [3.05, 3.63) is 71.8 Å². The minimum atomic E-state index is -4.77. The summed E-state index contributed by atoms with van der Waals surface area (Å²) >= 11 is 0. The Morgan fingerprint density at radius 3 is 2.33 bits per heavy atom. The van der Waals surface area contributed by atoms with E-state index in [1.54, 1.807) is 12.1 Å². The van der Waals surface area contributed by atoms with Crippen LogP contribution in [0.4, 0.5) is 24.5 Å². The predicted molar refractivity (Wildman–Crippen MR) is 92.1 cm³/mol. The highest BCUT2D eigenvalue weighted by molar-refractivity contribution is 5.84. The number of anilines is 2. The van der Waals surface area contributed by atoms with Crippen LogP contribution in [0.2, 0.25) is 0 Å². The van der Waals surface area contributed by atoms with Gasteiger partial charge in [0.05, 0.1) is 11.4 Å². The number of aliphatic hydroxyl groups excluding tert-OH is 1. The van der Waals surface area contributed by atoms with Crippen LogP contribution in [-0.2, 0) is 0 Å². The van der Waals surface area contributed by atoms with Crippen LogP contribution >= 0.6 is 0 Å². The smallest absolute Gasteiger partial charge is 0.492 e. The Kier molecular flexibility index (Phi) is 4.38. The summed E-state index contributed by atoms with van der Waals surface area (Å²) in [4.78, 5) is 0. The summed E-state index contributed by atoms with van der Waals surface area (Å²) in [5.74, 6) is -0.549. The average Bonchev–Trinajstić information content (AvgIpc) is 2.92. The molecular weight excluding hydrogens is 365 g/mol. The molecule has 4 rings (SSSR count). The number of alkyl halides is 3. The first kappa shape index (κ1) is 18.4. The molecule has 0 aromatic heterocycles. The zero-order valence-electron chi connectivity index (χ0n) is 13.6. The molecule has 2 aromatic carbocycles. The third kappa shape index (κ3) is 3.23. The van der Waals surface area contributed by atoms with Gasteiger partial charge in [-0.15, -0.1) is 13.2 Å². The Morgan fingerprint density at radius 2 is 1.67 bits per heavy atom. The number of allylic oxidation sites excluding steroid dienone is 1. The normalized spacial score (nSPS) is 15.7. The fraction of sp³-hybridized carbons (Fsp3) is 0.0588. The summed E-state index contributed by atoms with van der Waals surface area (Å²) in [5, 5.41) is 13.2. The molecule has 0 atom stereocenters. The summed E-state index contributed by atoms with van der Waals surface area (Å²) in [7, 11) is 0. The van der Waals surface area contributed by atoms with Gasteiger partial charge < -0.3 is 21.1 Å². The molecule has 2 heterocycles. The number of nitrogens with two attached hydrogens (primary N) is 1. The monoisotopic (exact) mass is 379 g/mol. The van der Waals surface area contributed by atoms with Crippen LogP contribution in [0.1, 0.15) is 5.56 Å². The largest absolute Gasteiger partial charge is 0.573 e. The van der Waals surface area contributed by atoms with Gasteiger partial charge in [0.15, 0.2) is 0 Å². The molecule has 2 aliphatic heterocycles. The number of fused-ring (bicyclic) bond motifs is 3. The van der Waals surface area contributed by atoms with Crippen molar-refractivity contribution in [1.29, 1.82) is 0 Å². The number of benzene rings is 2. The van der Waals surface area contributed by atoms with Crippen LogP contribution < -0.4 is 26.0 Å². The number of halogens is 3. The Morgan fingerprint density at radius 1 is 1.00 bits per heavy atom. The Balaban J connectivity index is 0.00000210. The third-order valence-corrected chi connectivity index (χ3v) is 3.89. The molecule has 27 heavy (non-hydrogen) atoms. The van der Waals surface area contributed by atoms with Crippen molar-refractivity contribution in [1.82, 2.24) is 5.53 Å². The summed E-state index contributed by atoms with van der Waals surface area (Å²) in [6.07, 6.45) is -3.18. The van der Waals surface area contributed by atoms with Crippen LogP contribution in [0.15, 0.2) is 66.2 Å². The Bertz CT molecular complexity index is 926. The first-order chi connectivity index (χ1) is 12.3. The maximum atomic E-state index is 12.3. The molecule has 0 fully saturated rings. The van der Waals surface area contributed by atoms with Crippen molar-refractivity contribution >= 4 is 17.1 Å².